The highest BCUT2D eigenvalue weighted by Crippen LogP contribution is 2.44. The van der Waals surface area contributed by atoms with Gasteiger partial charge in [0.1, 0.15) is 0 Å². The maximum Gasteiger partial charge on any atom is 0.490 e. The summed E-state index contributed by atoms with van der Waals surface area (Å²) in [5.41, 5.74) is 2.36. The van der Waals surface area contributed by atoms with Crippen LogP contribution in [-0.4, -0.2) is 61.8 Å². The molecule has 1 aliphatic heterocycles. The summed E-state index contributed by atoms with van der Waals surface area (Å²) in [6, 6.07) is 9.75. The lowest BCUT2D eigenvalue weighted by atomic mass is 10.0. The van der Waals surface area contributed by atoms with Crippen molar-refractivity contribution in [1.82, 2.24) is 30.6 Å². The molecule has 1 saturated carbocycles. The normalized spacial score (nSPS) is 19.0. The molecule has 3 N–H and O–H groups in total. The molecule has 37 heavy (non-hydrogen) atoms. The van der Waals surface area contributed by atoms with E-state index < -0.39 is 12.1 Å². The average molecular weight is 517 g/mol. The van der Waals surface area contributed by atoms with Gasteiger partial charge in [-0.1, -0.05) is 6.07 Å². The summed E-state index contributed by atoms with van der Waals surface area (Å²) >= 11 is 0. The number of carbonyl (C=O) groups is 2. The molecular weight excluding hydrogens is 495 g/mol. The molecule has 2 fully saturated rings. The zero-order valence-corrected chi connectivity index (χ0v) is 19.3. The number of nitriles is 1. The Morgan fingerprint density at radius 1 is 1.30 bits per heavy atom. The minimum Gasteiger partial charge on any atom is -0.475 e. The van der Waals surface area contributed by atoms with Crippen molar-refractivity contribution in [2.45, 2.75) is 50.0 Å². The Kier molecular flexibility index (Phi) is 7.53. The Balaban J connectivity index is 0.000000405. The van der Waals surface area contributed by atoms with Crippen LogP contribution in [0.2, 0.25) is 0 Å². The number of nitrogens with one attached hydrogen (secondary N) is 2. The minimum atomic E-state index is -5.08. The smallest absolute Gasteiger partial charge is 0.475 e. The largest absolute Gasteiger partial charge is 0.490 e. The molecule has 2 atom stereocenters. The maximum absolute atomic E-state index is 12.6. The first-order valence-corrected chi connectivity index (χ1v) is 11.3. The number of rotatable bonds is 6. The summed E-state index contributed by atoms with van der Waals surface area (Å²) in [5.74, 6) is -2.48. The molecule has 3 aromatic rings. The zero-order valence-electron chi connectivity index (χ0n) is 19.3. The predicted octanol–water partition coefficient (Wildman–Crippen LogP) is 2.48. The molecule has 194 valence electrons. The minimum absolute atomic E-state index is 0.0163. The summed E-state index contributed by atoms with van der Waals surface area (Å²) in [4.78, 5) is 21.5. The van der Waals surface area contributed by atoms with Crippen molar-refractivity contribution in [2.24, 2.45) is 0 Å². The summed E-state index contributed by atoms with van der Waals surface area (Å²) in [5, 5.41) is 34.9. The van der Waals surface area contributed by atoms with Crippen molar-refractivity contribution in [3.05, 3.63) is 53.7 Å². The number of alkyl halides is 3. The number of hydrogen-bond donors (Lipinski definition) is 3. The molecule has 3 heterocycles. The molecule has 14 heteroatoms. The van der Waals surface area contributed by atoms with Crippen molar-refractivity contribution in [1.29, 1.82) is 5.26 Å². The third-order valence-corrected chi connectivity index (χ3v) is 5.82. The highest BCUT2D eigenvalue weighted by Gasteiger charge is 2.38. The van der Waals surface area contributed by atoms with E-state index in [1.54, 1.807) is 18.3 Å². The van der Waals surface area contributed by atoms with Crippen LogP contribution in [0.15, 0.2) is 41.1 Å². The van der Waals surface area contributed by atoms with Gasteiger partial charge in [-0.3, -0.25) is 9.48 Å². The van der Waals surface area contributed by atoms with Gasteiger partial charge >= 0.3 is 23.9 Å². The molecule has 2 aliphatic rings. The summed E-state index contributed by atoms with van der Waals surface area (Å²) in [6.07, 6.45) is 1.60. The van der Waals surface area contributed by atoms with Crippen molar-refractivity contribution in [3.63, 3.8) is 0 Å². The van der Waals surface area contributed by atoms with Crippen molar-refractivity contribution in [3.8, 4) is 17.5 Å². The van der Waals surface area contributed by atoms with Crippen LogP contribution in [0, 0.1) is 11.3 Å². The van der Waals surface area contributed by atoms with Crippen molar-refractivity contribution >= 4 is 11.9 Å². The van der Waals surface area contributed by atoms with Gasteiger partial charge in [0.05, 0.1) is 18.2 Å². The van der Waals surface area contributed by atoms with Gasteiger partial charge in [-0.05, 0) is 48.9 Å². The van der Waals surface area contributed by atoms with Crippen LogP contribution >= 0.6 is 0 Å². The summed E-state index contributed by atoms with van der Waals surface area (Å²) in [6.45, 7) is 1.43. The molecular formula is C23H22F3N7O4. The first kappa shape index (κ1) is 25.8. The molecule has 1 aliphatic carbocycles. The predicted molar refractivity (Wildman–Crippen MR) is 120 cm³/mol. The number of carbonyl (C=O) groups excluding carboxylic acids is 1. The van der Waals surface area contributed by atoms with Gasteiger partial charge in [0.25, 0.3) is 0 Å². The fourth-order valence-corrected chi connectivity index (χ4v) is 3.93. The topological polar surface area (TPSA) is 159 Å². The Bertz CT molecular complexity index is 1300. The van der Waals surface area contributed by atoms with Crippen LogP contribution in [0.3, 0.4) is 0 Å². The number of amides is 1. The molecule has 0 radical (unpaired) electrons. The van der Waals surface area contributed by atoms with Gasteiger partial charge in [-0.2, -0.15) is 23.5 Å². The molecule has 2 aromatic heterocycles. The highest BCUT2D eigenvalue weighted by atomic mass is 19.4. The molecule has 0 bridgehead atoms. The first-order valence-electron chi connectivity index (χ1n) is 11.3. The number of nitrogens with zero attached hydrogens (tertiary/aromatic N) is 5. The number of carboxylic acid groups (broad SMARTS) is 1. The van der Waals surface area contributed by atoms with E-state index in [4.69, 9.17) is 14.3 Å². The van der Waals surface area contributed by atoms with E-state index in [0.29, 0.717) is 18.0 Å². The quantitative estimate of drug-likeness (QED) is 0.446. The van der Waals surface area contributed by atoms with E-state index in [1.165, 1.54) is 0 Å². The van der Waals surface area contributed by atoms with Gasteiger partial charge < -0.3 is 20.2 Å². The van der Waals surface area contributed by atoms with E-state index in [9.17, 15) is 23.2 Å². The van der Waals surface area contributed by atoms with Crippen LogP contribution in [0.4, 0.5) is 13.2 Å². The van der Waals surface area contributed by atoms with Crippen LogP contribution in [-0.2, 0) is 11.3 Å². The van der Waals surface area contributed by atoms with E-state index >= 15 is 0 Å². The second-order valence-electron chi connectivity index (χ2n) is 8.64. The van der Waals surface area contributed by atoms with E-state index in [1.807, 2.05) is 23.0 Å². The zero-order chi connectivity index (χ0) is 26.6. The lowest BCUT2D eigenvalue weighted by Crippen LogP contribution is -2.36. The van der Waals surface area contributed by atoms with Crippen LogP contribution in [0.25, 0.3) is 11.5 Å². The number of benzene rings is 1. The maximum atomic E-state index is 12.6. The molecule has 0 spiro atoms. The standard InChI is InChI=1S/C21H21N7O2.C2HF3O2/c22-10-13-2-5-17(14-3-4-14)18(8-13)20-26-27-21(30-20)19(29)25-15-9-16(23-11-15)12-28-7-1-6-24-28;3-2(4,5)1(6)7/h1-2,5-8,14-16,23H,3-4,9,11-12H2,(H,25,29);(H,6,7)/t15-,16+;/m1./s1. The van der Waals surface area contributed by atoms with Gasteiger partial charge in [0, 0.05) is 36.6 Å². The number of aromatic nitrogens is 4. The van der Waals surface area contributed by atoms with E-state index in [0.717, 1.165) is 36.9 Å². The fraction of sp³-hybridized carbons (Fsp3) is 0.391. The first-order chi connectivity index (χ1) is 17.6. The van der Waals surface area contributed by atoms with Crippen LogP contribution in [0.5, 0.6) is 0 Å². The molecule has 0 unspecified atom stereocenters. The van der Waals surface area contributed by atoms with Crippen LogP contribution < -0.4 is 10.6 Å². The number of aliphatic carboxylic acids is 1. The number of halogens is 3. The van der Waals surface area contributed by atoms with Gasteiger partial charge in [0.2, 0.25) is 5.89 Å². The summed E-state index contributed by atoms with van der Waals surface area (Å²) < 4.78 is 39.3. The monoisotopic (exact) mass is 517 g/mol. The van der Waals surface area contributed by atoms with Gasteiger partial charge in [0.15, 0.2) is 0 Å². The number of hydrogen-bond acceptors (Lipinski definition) is 8. The van der Waals surface area contributed by atoms with E-state index in [-0.39, 0.29) is 29.8 Å². The Morgan fingerprint density at radius 2 is 2.05 bits per heavy atom. The molecule has 1 saturated heterocycles. The molecule has 1 aromatic carbocycles. The fourth-order valence-electron chi connectivity index (χ4n) is 3.93. The molecule has 5 rings (SSSR count). The third kappa shape index (κ3) is 6.70. The highest BCUT2D eigenvalue weighted by molar-refractivity contribution is 5.90. The van der Waals surface area contributed by atoms with Gasteiger partial charge in [-0.15, -0.1) is 10.2 Å². The summed E-state index contributed by atoms with van der Waals surface area (Å²) in [7, 11) is 0. The lowest BCUT2D eigenvalue weighted by Gasteiger charge is -2.11. The Morgan fingerprint density at radius 3 is 2.68 bits per heavy atom. The van der Waals surface area contributed by atoms with Crippen molar-refractivity contribution in [2.75, 3.05) is 6.54 Å². The SMILES string of the molecule is N#Cc1ccc(C2CC2)c(-c2nnc(C(=O)N[C@H]3CN[C@H](Cn4cccn4)C3)o2)c1.O=C(O)C(F)(F)F. The number of carboxylic acids is 1. The Labute approximate surface area is 208 Å². The second-order valence-corrected chi connectivity index (χ2v) is 8.64. The molecule has 11 nitrogen and oxygen atoms in total. The lowest BCUT2D eigenvalue weighted by molar-refractivity contribution is -0.192. The van der Waals surface area contributed by atoms with Gasteiger partial charge in [-0.25, -0.2) is 4.79 Å². The van der Waals surface area contributed by atoms with E-state index in [2.05, 4.69) is 32.0 Å². The third-order valence-electron chi connectivity index (χ3n) is 5.82. The second kappa shape index (κ2) is 10.8. The average Bonchev–Trinajstić information content (AvgIpc) is 3.23. The Hall–Kier alpha value is -4.25. The van der Waals surface area contributed by atoms with Crippen molar-refractivity contribution < 1.29 is 32.3 Å². The van der Waals surface area contributed by atoms with Crippen LogP contribution in [0.1, 0.15) is 47.0 Å². The molecule has 1 amide bonds.